The van der Waals surface area contributed by atoms with Crippen molar-refractivity contribution in [1.82, 2.24) is 34.1 Å². The zero-order chi connectivity index (χ0) is 53.8. The summed E-state index contributed by atoms with van der Waals surface area (Å²) in [5.74, 6) is 0.328. The smallest absolute Gasteiger partial charge is 0.261 e. The van der Waals surface area contributed by atoms with Gasteiger partial charge in [0, 0.05) is 56.3 Å². The second-order valence-electron chi connectivity index (χ2n) is 19.1. The van der Waals surface area contributed by atoms with E-state index >= 15 is 0 Å². The van der Waals surface area contributed by atoms with Crippen LogP contribution in [0, 0.1) is 0 Å². The third-order valence-corrected chi connectivity index (χ3v) is 14.7. The third kappa shape index (κ3) is 14.5. The van der Waals surface area contributed by atoms with Crippen LogP contribution in [-0.2, 0) is 13.1 Å². The van der Waals surface area contributed by atoms with Crippen LogP contribution in [0.2, 0.25) is 10.0 Å². The Morgan fingerprint density at radius 1 is 0.640 bits per heavy atom. The van der Waals surface area contributed by atoms with Gasteiger partial charge in [0.25, 0.3) is 23.3 Å². The van der Waals surface area contributed by atoms with Gasteiger partial charge in [0.2, 0.25) is 0 Å². The average Bonchev–Trinajstić information content (AvgIpc) is 3.40. The quantitative estimate of drug-likeness (QED) is 0.0852. The molecule has 1 aliphatic heterocycles. The normalized spacial score (nSPS) is 13.9. The van der Waals surface area contributed by atoms with Gasteiger partial charge in [-0.2, -0.15) is 0 Å². The lowest BCUT2D eigenvalue weighted by molar-refractivity contribution is 0.0394. The van der Waals surface area contributed by atoms with Crippen LogP contribution in [0.4, 0.5) is 5.69 Å². The molecule has 0 spiro atoms. The van der Waals surface area contributed by atoms with Gasteiger partial charge < -0.3 is 29.8 Å². The van der Waals surface area contributed by atoms with Crippen LogP contribution < -0.4 is 10.9 Å². The third-order valence-electron chi connectivity index (χ3n) is 13.2. The van der Waals surface area contributed by atoms with Gasteiger partial charge in [-0.05, 0) is 150 Å². The van der Waals surface area contributed by atoms with Crippen LogP contribution in [0.25, 0.3) is 10.9 Å². The molecule has 6 aromatic carbocycles. The number of carbonyl (C=O) groups excluding carboxylic acids is 3. The fourth-order valence-electron chi connectivity index (χ4n) is 9.33. The van der Waals surface area contributed by atoms with Crippen LogP contribution in [0.15, 0.2) is 159 Å². The molecule has 392 valence electrons. The molecule has 3 unspecified atom stereocenters. The number of halogens is 4. The lowest BCUT2D eigenvalue weighted by Crippen LogP contribution is -2.60. The van der Waals surface area contributed by atoms with Crippen LogP contribution in [0.5, 0.6) is 0 Å². The first-order chi connectivity index (χ1) is 36.1. The van der Waals surface area contributed by atoms with Crippen LogP contribution in [0.1, 0.15) is 87.2 Å². The standard InChI is InChI=1S/C30H32BrClN4O2.C29H32BrClN4O2/c1-4-27(35(18-8-17-34(2)3)29(37)22-11-13-23(31)14-12-22)28-33-26-19-24(32)15-16-25(26)30(38)36(28)20-21-9-6-5-7-10-21;1-4-26(34(17-16-33(2)3)28(36)21-10-12-22(30)13-11-21)27-32-25-18-23(31)14-15-24(25)29(37)35(27)19-20-8-6-5-7-9-20/h5-7,9-16,19,27H,4,8,17-18,20H2,1-3H3;5-15,18,26-27,32H,4,16-17,19H2,1-3H3. The molecule has 0 saturated carbocycles. The summed E-state index contributed by atoms with van der Waals surface area (Å²) in [7, 11) is 8.02. The Balaban J connectivity index is 0.000000219. The highest BCUT2D eigenvalue weighted by molar-refractivity contribution is 9.10. The number of benzene rings is 6. The first-order valence-electron chi connectivity index (χ1n) is 25.1. The highest BCUT2D eigenvalue weighted by Gasteiger charge is 2.40. The fourth-order valence-corrected chi connectivity index (χ4v) is 10.2. The molecule has 12 nitrogen and oxygen atoms in total. The van der Waals surface area contributed by atoms with E-state index in [0.717, 1.165) is 33.0 Å². The molecule has 75 heavy (non-hydrogen) atoms. The van der Waals surface area contributed by atoms with Crippen LogP contribution in [-0.4, -0.2) is 118 Å². The number of fused-ring (bicyclic) bond motifs is 2. The second kappa shape index (κ2) is 26.8. The molecule has 1 aromatic heterocycles. The molecule has 16 heteroatoms. The number of amides is 3. The molecule has 2 heterocycles. The van der Waals surface area contributed by atoms with E-state index in [1.54, 1.807) is 41.0 Å². The number of hydrogen-bond acceptors (Lipinski definition) is 8. The average molecular weight is 1180 g/mol. The minimum absolute atomic E-state index is 0.0630. The largest absolute Gasteiger partial charge is 0.363 e. The van der Waals surface area contributed by atoms with Gasteiger partial charge in [-0.15, -0.1) is 0 Å². The molecule has 3 atom stereocenters. The maximum atomic E-state index is 13.9. The number of likely N-dealkylation sites (N-methyl/N-ethyl adjacent to an activating group) is 1. The van der Waals surface area contributed by atoms with Gasteiger partial charge in [0.05, 0.1) is 40.8 Å². The summed E-state index contributed by atoms with van der Waals surface area (Å²) in [4.78, 5) is 70.3. The van der Waals surface area contributed by atoms with E-state index in [9.17, 15) is 19.2 Å². The molecule has 0 fully saturated rings. The molecule has 1 aliphatic rings. The molecule has 8 rings (SSSR count). The summed E-state index contributed by atoms with van der Waals surface area (Å²) in [6.45, 7) is 7.44. The molecular formula is C59H64Br2Cl2N8O4. The monoisotopic (exact) mass is 1180 g/mol. The predicted octanol–water partition coefficient (Wildman–Crippen LogP) is 12.4. The maximum Gasteiger partial charge on any atom is 0.261 e. The van der Waals surface area contributed by atoms with Crippen molar-refractivity contribution >= 4 is 89.4 Å². The highest BCUT2D eigenvalue weighted by Crippen LogP contribution is 2.33. The number of aromatic nitrogens is 2. The van der Waals surface area contributed by atoms with Gasteiger partial charge in [0.15, 0.2) is 0 Å². The molecule has 0 saturated heterocycles. The van der Waals surface area contributed by atoms with Crippen molar-refractivity contribution in [3.63, 3.8) is 0 Å². The number of rotatable bonds is 19. The topological polar surface area (TPSA) is 114 Å². The summed E-state index contributed by atoms with van der Waals surface area (Å²) < 4.78 is 3.54. The van der Waals surface area contributed by atoms with E-state index < -0.39 is 12.2 Å². The van der Waals surface area contributed by atoms with Gasteiger partial charge in [-0.25, -0.2) is 4.98 Å². The van der Waals surface area contributed by atoms with Gasteiger partial charge >= 0.3 is 0 Å². The highest BCUT2D eigenvalue weighted by atomic mass is 79.9. The van der Waals surface area contributed by atoms with Crippen molar-refractivity contribution in [3.8, 4) is 0 Å². The maximum absolute atomic E-state index is 13.9. The van der Waals surface area contributed by atoms with Gasteiger partial charge in [-0.1, -0.05) is 130 Å². The zero-order valence-corrected chi connectivity index (χ0v) is 47.9. The minimum Gasteiger partial charge on any atom is -0.363 e. The van der Waals surface area contributed by atoms with Crippen molar-refractivity contribution in [2.45, 2.75) is 64.4 Å². The zero-order valence-electron chi connectivity index (χ0n) is 43.2. The predicted molar refractivity (Wildman–Crippen MR) is 311 cm³/mol. The number of anilines is 1. The SMILES string of the molecule is CCC(C1Nc2cc(Cl)ccc2C(=O)N1Cc1ccccc1)N(CCN(C)C)C(=O)c1ccc(Br)cc1.CCC(c1nc2cc(Cl)ccc2c(=O)n1Cc1ccccc1)N(CCCN(C)C)C(=O)c1ccc(Br)cc1. The lowest BCUT2D eigenvalue weighted by Gasteiger charge is -2.46. The Morgan fingerprint density at radius 3 is 1.75 bits per heavy atom. The molecule has 3 amide bonds. The summed E-state index contributed by atoms with van der Waals surface area (Å²) in [6, 6.07) is 44.3. The van der Waals surface area contributed by atoms with Crippen molar-refractivity contribution < 1.29 is 14.4 Å². The van der Waals surface area contributed by atoms with Gasteiger partial charge in [-0.3, -0.25) is 23.7 Å². The Morgan fingerprint density at radius 2 is 1.19 bits per heavy atom. The van der Waals surface area contributed by atoms with Crippen LogP contribution in [0.3, 0.4) is 0 Å². The van der Waals surface area contributed by atoms with Crippen LogP contribution >= 0.6 is 55.1 Å². The summed E-state index contributed by atoms with van der Waals surface area (Å²) in [5, 5.41) is 5.15. The van der Waals surface area contributed by atoms with E-state index in [-0.39, 0.29) is 29.3 Å². The molecule has 7 aromatic rings. The minimum atomic E-state index is -0.440. The Kier molecular flexibility index (Phi) is 20.3. The summed E-state index contributed by atoms with van der Waals surface area (Å²) in [5.41, 5.74) is 4.86. The lowest BCUT2D eigenvalue weighted by atomic mass is 9.99. The Bertz CT molecular complexity index is 3110. The van der Waals surface area contributed by atoms with E-state index in [4.69, 9.17) is 28.2 Å². The number of carbonyl (C=O) groups is 3. The molecule has 1 N–H and O–H groups in total. The van der Waals surface area contributed by atoms with E-state index in [2.05, 4.69) is 53.9 Å². The first-order valence-corrected chi connectivity index (χ1v) is 27.5. The molecule has 0 aliphatic carbocycles. The van der Waals surface area contributed by atoms with Crippen molar-refractivity contribution in [2.75, 3.05) is 59.7 Å². The number of nitrogens with one attached hydrogen (secondary N) is 1. The number of hydrogen-bond donors (Lipinski definition) is 1. The molecule has 0 bridgehead atoms. The van der Waals surface area contributed by atoms with E-state index in [0.29, 0.717) is 94.7 Å². The fraction of sp³-hybridized carbons (Fsp3) is 0.305. The summed E-state index contributed by atoms with van der Waals surface area (Å²) >= 11 is 19.5. The van der Waals surface area contributed by atoms with Gasteiger partial charge in [0.1, 0.15) is 12.0 Å². The van der Waals surface area contributed by atoms with E-state index in [1.165, 1.54) is 0 Å². The van der Waals surface area contributed by atoms with Crippen molar-refractivity contribution in [2.24, 2.45) is 0 Å². The number of nitrogens with zero attached hydrogens (tertiary/aromatic N) is 7. The van der Waals surface area contributed by atoms with E-state index in [1.807, 2.05) is 159 Å². The molecule has 0 radical (unpaired) electrons. The second-order valence-corrected chi connectivity index (χ2v) is 21.8. The van der Waals surface area contributed by atoms with Crippen molar-refractivity contribution in [1.29, 1.82) is 0 Å². The molecular weight excluding hydrogens is 1120 g/mol. The first kappa shape index (κ1) is 56.8. The Labute approximate surface area is 467 Å². The Hall–Kier alpha value is -5.87. The summed E-state index contributed by atoms with van der Waals surface area (Å²) in [6.07, 6.45) is 1.60. The van der Waals surface area contributed by atoms with Crippen molar-refractivity contribution in [3.05, 3.63) is 209 Å².